The van der Waals surface area contributed by atoms with Gasteiger partial charge in [0.25, 0.3) is 0 Å². The normalized spacial score (nSPS) is 11.0. The van der Waals surface area contributed by atoms with Gasteiger partial charge in [-0.1, -0.05) is 42.5 Å². The van der Waals surface area contributed by atoms with Crippen LogP contribution >= 0.6 is 0 Å². The molecule has 4 heteroatoms. The summed E-state index contributed by atoms with van der Waals surface area (Å²) in [6.07, 6.45) is -0.0155. The average molecular weight is 332 g/mol. The van der Waals surface area contributed by atoms with Crippen LogP contribution in [-0.2, 0) is 17.8 Å². The standard InChI is InChI=1S/C21H16O4/c22-21(23)11-15-6-8-17-18-12-16(7-9-19(18)25-20(17)10-15)24-13-14-4-2-1-3-5-14/h1-10,12H,11,13H2,(H,22,23). The van der Waals surface area contributed by atoms with E-state index in [4.69, 9.17) is 14.3 Å². The zero-order chi connectivity index (χ0) is 17.2. The predicted octanol–water partition coefficient (Wildman–Crippen LogP) is 4.79. The van der Waals surface area contributed by atoms with Crippen LogP contribution in [0.2, 0.25) is 0 Å². The molecule has 25 heavy (non-hydrogen) atoms. The molecule has 0 aliphatic carbocycles. The van der Waals surface area contributed by atoms with E-state index < -0.39 is 5.97 Å². The van der Waals surface area contributed by atoms with Crippen molar-refractivity contribution in [3.63, 3.8) is 0 Å². The number of ether oxygens (including phenoxy) is 1. The van der Waals surface area contributed by atoms with Gasteiger partial charge in [-0.25, -0.2) is 0 Å². The number of fused-ring (bicyclic) bond motifs is 3. The van der Waals surface area contributed by atoms with Gasteiger partial charge in [0, 0.05) is 10.8 Å². The lowest BCUT2D eigenvalue weighted by Gasteiger charge is -2.06. The second kappa shape index (κ2) is 6.32. The van der Waals surface area contributed by atoms with Crippen molar-refractivity contribution >= 4 is 27.9 Å². The van der Waals surface area contributed by atoms with E-state index in [9.17, 15) is 4.79 Å². The Bertz CT molecular complexity index is 1050. The lowest BCUT2D eigenvalue weighted by atomic mass is 10.1. The van der Waals surface area contributed by atoms with E-state index in [1.807, 2.05) is 60.7 Å². The van der Waals surface area contributed by atoms with Gasteiger partial charge in [-0.05, 0) is 35.4 Å². The van der Waals surface area contributed by atoms with Crippen LogP contribution in [0.5, 0.6) is 5.75 Å². The number of hydrogen-bond donors (Lipinski definition) is 1. The fraction of sp³-hybridized carbons (Fsp3) is 0.0952. The fourth-order valence-electron chi connectivity index (χ4n) is 2.92. The molecule has 0 spiro atoms. The van der Waals surface area contributed by atoms with Crippen molar-refractivity contribution in [3.8, 4) is 5.75 Å². The summed E-state index contributed by atoms with van der Waals surface area (Å²) in [5, 5.41) is 10.8. The minimum atomic E-state index is -0.855. The highest BCUT2D eigenvalue weighted by Gasteiger charge is 2.10. The molecule has 4 rings (SSSR count). The smallest absolute Gasteiger partial charge is 0.307 e. The van der Waals surface area contributed by atoms with Gasteiger partial charge in [-0.2, -0.15) is 0 Å². The van der Waals surface area contributed by atoms with E-state index >= 15 is 0 Å². The molecule has 0 atom stereocenters. The molecule has 4 nitrogen and oxygen atoms in total. The topological polar surface area (TPSA) is 59.7 Å². The summed E-state index contributed by atoms with van der Waals surface area (Å²) in [4.78, 5) is 10.9. The summed E-state index contributed by atoms with van der Waals surface area (Å²) in [5.41, 5.74) is 3.28. The number of rotatable bonds is 5. The van der Waals surface area contributed by atoms with Crippen molar-refractivity contribution in [2.45, 2.75) is 13.0 Å². The first kappa shape index (κ1) is 15.3. The number of aliphatic carboxylic acids is 1. The zero-order valence-electron chi connectivity index (χ0n) is 13.4. The fourth-order valence-corrected chi connectivity index (χ4v) is 2.92. The molecular formula is C21H16O4. The number of furan rings is 1. The third-order valence-corrected chi connectivity index (χ3v) is 4.11. The molecule has 0 unspecified atom stereocenters. The number of carboxylic acids is 1. The highest BCUT2D eigenvalue weighted by atomic mass is 16.5. The van der Waals surface area contributed by atoms with Gasteiger partial charge in [0.05, 0.1) is 6.42 Å². The summed E-state index contributed by atoms with van der Waals surface area (Å²) >= 11 is 0. The highest BCUT2D eigenvalue weighted by molar-refractivity contribution is 6.05. The van der Waals surface area contributed by atoms with Crippen molar-refractivity contribution in [2.75, 3.05) is 0 Å². The van der Waals surface area contributed by atoms with Crippen LogP contribution in [0, 0.1) is 0 Å². The van der Waals surface area contributed by atoms with E-state index in [0.29, 0.717) is 12.2 Å². The number of benzene rings is 3. The van der Waals surface area contributed by atoms with Crippen LogP contribution in [0.4, 0.5) is 0 Å². The highest BCUT2D eigenvalue weighted by Crippen LogP contribution is 2.32. The molecule has 0 saturated heterocycles. The molecule has 1 aromatic heterocycles. The molecule has 0 bridgehead atoms. The van der Waals surface area contributed by atoms with E-state index in [2.05, 4.69) is 0 Å². The maximum Gasteiger partial charge on any atom is 0.307 e. The molecular weight excluding hydrogens is 316 g/mol. The third-order valence-electron chi connectivity index (χ3n) is 4.11. The van der Waals surface area contributed by atoms with Gasteiger partial charge in [0.1, 0.15) is 23.5 Å². The maximum absolute atomic E-state index is 10.9. The SMILES string of the molecule is O=C(O)Cc1ccc2c(c1)oc1ccc(OCc3ccccc3)cc12. The van der Waals surface area contributed by atoms with Crippen molar-refractivity contribution in [1.82, 2.24) is 0 Å². The van der Waals surface area contributed by atoms with Gasteiger partial charge in [-0.3, -0.25) is 4.79 Å². The zero-order valence-corrected chi connectivity index (χ0v) is 13.4. The molecule has 1 N–H and O–H groups in total. The van der Waals surface area contributed by atoms with E-state index in [0.717, 1.165) is 33.2 Å². The minimum Gasteiger partial charge on any atom is -0.489 e. The van der Waals surface area contributed by atoms with Crippen molar-refractivity contribution in [1.29, 1.82) is 0 Å². The Kier molecular flexibility index (Phi) is 3.86. The summed E-state index contributed by atoms with van der Waals surface area (Å²) in [6.45, 7) is 0.505. The maximum atomic E-state index is 10.9. The quantitative estimate of drug-likeness (QED) is 0.571. The summed E-state index contributed by atoms with van der Waals surface area (Å²) in [5.74, 6) is -0.0827. The van der Waals surface area contributed by atoms with Crippen LogP contribution in [0.1, 0.15) is 11.1 Å². The molecule has 0 aliphatic heterocycles. The largest absolute Gasteiger partial charge is 0.489 e. The van der Waals surface area contributed by atoms with Gasteiger partial charge >= 0.3 is 5.97 Å². The molecule has 0 radical (unpaired) electrons. The van der Waals surface area contributed by atoms with Gasteiger partial charge in [0.2, 0.25) is 0 Å². The number of carboxylic acid groups (broad SMARTS) is 1. The Morgan fingerprint density at radius 2 is 1.72 bits per heavy atom. The molecule has 1 heterocycles. The van der Waals surface area contributed by atoms with E-state index in [1.54, 1.807) is 6.07 Å². The second-order valence-electron chi connectivity index (χ2n) is 5.94. The average Bonchev–Trinajstić information content (AvgIpc) is 2.97. The van der Waals surface area contributed by atoms with Crippen LogP contribution in [0.3, 0.4) is 0 Å². The van der Waals surface area contributed by atoms with Gasteiger partial charge in [-0.15, -0.1) is 0 Å². The number of hydrogen-bond acceptors (Lipinski definition) is 3. The van der Waals surface area contributed by atoms with Crippen molar-refractivity contribution < 1.29 is 19.1 Å². The number of carbonyl (C=O) groups is 1. The lowest BCUT2D eigenvalue weighted by molar-refractivity contribution is -0.136. The summed E-state index contributed by atoms with van der Waals surface area (Å²) in [7, 11) is 0. The van der Waals surface area contributed by atoms with E-state index in [1.165, 1.54) is 0 Å². The first-order chi connectivity index (χ1) is 12.2. The minimum absolute atomic E-state index is 0.0155. The molecule has 124 valence electrons. The molecule has 0 fully saturated rings. The Morgan fingerprint density at radius 3 is 2.52 bits per heavy atom. The van der Waals surface area contributed by atoms with Crippen LogP contribution < -0.4 is 4.74 Å². The monoisotopic (exact) mass is 332 g/mol. The van der Waals surface area contributed by atoms with Crippen LogP contribution in [-0.4, -0.2) is 11.1 Å². The summed E-state index contributed by atoms with van der Waals surface area (Å²) in [6, 6.07) is 21.2. The second-order valence-corrected chi connectivity index (χ2v) is 5.94. The Labute approximate surface area is 144 Å². The van der Waals surface area contributed by atoms with E-state index in [-0.39, 0.29) is 6.42 Å². The van der Waals surface area contributed by atoms with Crippen LogP contribution in [0.15, 0.2) is 71.1 Å². The molecule has 0 saturated carbocycles. The van der Waals surface area contributed by atoms with Crippen molar-refractivity contribution in [3.05, 3.63) is 77.9 Å². The summed E-state index contributed by atoms with van der Waals surface area (Å²) < 4.78 is 11.7. The lowest BCUT2D eigenvalue weighted by Crippen LogP contribution is -1.99. The van der Waals surface area contributed by atoms with Crippen LogP contribution in [0.25, 0.3) is 21.9 Å². The Balaban J connectivity index is 1.65. The molecule has 3 aromatic carbocycles. The van der Waals surface area contributed by atoms with Gasteiger partial charge < -0.3 is 14.3 Å². The third kappa shape index (κ3) is 3.19. The van der Waals surface area contributed by atoms with Crippen molar-refractivity contribution in [2.24, 2.45) is 0 Å². The molecule has 4 aromatic rings. The first-order valence-electron chi connectivity index (χ1n) is 8.03. The molecule has 0 aliphatic rings. The Morgan fingerprint density at radius 1 is 0.880 bits per heavy atom. The van der Waals surface area contributed by atoms with Gasteiger partial charge in [0.15, 0.2) is 0 Å². The first-order valence-corrected chi connectivity index (χ1v) is 8.03. The Hall–Kier alpha value is -3.27. The predicted molar refractivity (Wildman–Crippen MR) is 95.8 cm³/mol. The molecule has 0 amide bonds.